The minimum absolute atomic E-state index is 0.381. The third kappa shape index (κ3) is 3.54. The molecule has 5 heteroatoms. The van der Waals surface area contributed by atoms with Crippen molar-refractivity contribution in [3.05, 3.63) is 29.8 Å². The maximum absolute atomic E-state index is 11.3. The van der Waals surface area contributed by atoms with Gasteiger partial charge in [0, 0.05) is 25.4 Å². The molecule has 0 amide bonds. The standard InChI is InChI=1S/C13H20N2O2S/c1-15-8-7-12(10-15)14-9-11-3-5-13(6-4-11)18(2,16)17/h3-6,12,14H,7-10H2,1-2H3. The highest BCUT2D eigenvalue weighted by molar-refractivity contribution is 7.90. The molecule has 100 valence electrons. The van der Waals surface area contributed by atoms with Crippen molar-refractivity contribution >= 4 is 9.84 Å². The van der Waals surface area contributed by atoms with Crippen LogP contribution in [0.3, 0.4) is 0 Å². The second-order valence-electron chi connectivity index (χ2n) is 5.04. The molecular weight excluding hydrogens is 248 g/mol. The van der Waals surface area contributed by atoms with E-state index in [4.69, 9.17) is 0 Å². The van der Waals surface area contributed by atoms with Crippen LogP contribution in [0.25, 0.3) is 0 Å². The van der Waals surface area contributed by atoms with E-state index in [2.05, 4.69) is 17.3 Å². The molecule has 2 rings (SSSR count). The first-order valence-electron chi connectivity index (χ1n) is 6.16. The first-order chi connectivity index (χ1) is 8.45. The molecule has 1 aliphatic rings. The quantitative estimate of drug-likeness (QED) is 0.881. The van der Waals surface area contributed by atoms with Crippen LogP contribution in [0, 0.1) is 0 Å². The lowest BCUT2D eigenvalue weighted by Crippen LogP contribution is -2.30. The Labute approximate surface area is 109 Å². The van der Waals surface area contributed by atoms with Crippen LogP contribution < -0.4 is 5.32 Å². The van der Waals surface area contributed by atoms with Gasteiger partial charge in [-0.2, -0.15) is 0 Å². The Morgan fingerprint density at radius 3 is 2.50 bits per heavy atom. The fourth-order valence-electron chi connectivity index (χ4n) is 2.22. The maximum atomic E-state index is 11.3. The monoisotopic (exact) mass is 268 g/mol. The second kappa shape index (κ2) is 5.38. The number of hydrogen-bond donors (Lipinski definition) is 1. The van der Waals surface area contributed by atoms with Crippen molar-refractivity contribution in [1.29, 1.82) is 0 Å². The molecule has 0 bridgehead atoms. The summed E-state index contributed by atoms with van der Waals surface area (Å²) in [7, 11) is -0.957. The summed E-state index contributed by atoms with van der Waals surface area (Å²) in [6.45, 7) is 3.02. The summed E-state index contributed by atoms with van der Waals surface area (Å²) in [5.74, 6) is 0. The summed E-state index contributed by atoms with van der Waals surface area (Å²) < 4.78 is 22.7. The van der Waals surface area contributed by atoms with E-state index >= 15 is 0 Å². The molecule has 18 heavy (non-hydrogen) atoms. The smallest absolute Gasteiger partial charge is 0.175 e. The topological polar surface area (TPSA) is 49.4 Å². The first-order valence-corrected chi connectivity index (χ1v) is 8.05. The summed E-state index contributed by atoms with van der Waals surface area (Å²) in [5.41, 5.74) is 1.12. The molecule has 1 fully saturated rings. The van der Waals surface area contributed by atoms with E-state index in [1.165, 1.54) is 12.7 Å². The molecule has 0 saturated carbocycles. The number of sulfone groups is 1. The average Bonchev–Trinajstić information content (AvgIpc) is 2.72. The third-order valence-electron chi connectivity index (χ3n) is 3.34. The SMILES string of the molecule is CN1CCC(NCc2ccc(S(C)(=O)=O)cc2)C1. The molecule has 1 saturated heterocycles. The van der Waals surface area contributed by atoms with E-state index < -0.39 is 9.84 Å². The number of likely N-dealkylation sites (N-methyl/N-ethyl adjacent to an activating group) is 1. The molecule has 0 aliphatic carbocycles. The molecule has 1 aliphatic heterocycles. The lowest BCUT2D eigenvalue weighted by atomic mass is 10.2. The highest BCUT2D eigenvalue weighted by Crippen LogP contribution is 2.11. The fraction of sp³-hybridized carbons (Fsp3) is 0.538. The number of likely N-dealkylation sites (tertiary alicyclic amines) is 1. The Hall–Kier alpha value is -0.910. The van der Waals surface area contributed by atoms with Gasteiger partial charge in [0.25, 0.3) is 0 Å². The molecule has 0 aromatic heterocycles. The summed E-state index contributed by atoms with van der Waals surface area (Å²) in [4.78, 5) is 2.69. The minimum Gasteiger partial charge on any atom is -0.309 e. The molecular formula is C13H20N2O2S. The molecule has 0 spiro atoms. The van der Waals surface area contributed by atoms with Crippen LogP contribution in [0.1, 0.15) is 12.0 Å². The van der Waals surface area contributed by atoms with Crippen molar-refractivity contribution in [2.24, 2.45) is 0 Å². The number of rotatable bonds is 4. The zero-order valence-corrected chi connectivity index (χ0v) is 11.7. The molecule has 4 nitrogen and oxygen atoms in total. The highest BCUT2D eigenvalue weighted by atomic mass is 32.2. The maximum Gasteiger partial charge on any atom is 0.175 e. The number of hydrogen-bond acceptors (Lipinski definition) is 4. The van der Waals surface area contributed by atoms with E-state index in [1.807, 2.05) is 12.1 Å². The van der Waals surface area contributed by atoms with E-state index in [1.54, 1.807) is 12.1 Å². The van der Waals surface area contributed by atoms with Crippen molar-refractivity contribution in [2.45, 2.75) is 23.9 Å². The van der Waals surface area contributed by atoms with Crippen LogP contribution in [0.2, 0.25) is 0 Å². The lowest BCUT2D eigenvalue weighted by molar-refractivity contribution is 0.397. The number of nitrogens with one attached hydrogen (secondary N) is 1. The van der Waals surface area contributed by atoms with Crippen LogP contribution in [0.15, 0.2) is 29.2 Å². The van der Waals surface area contributed by atoms with E-state index in [0.717, 1.165) is 25.2 Å². The first kappa shape index (κ1) is 13.5. The minimum atomic E-state index is -3.08. The van der Waals surface area contributed by atoms with Crippen LogP contribution in [-0.4, -0.2) is 45.8 Å². The van der Waals surface area contributed by atoms with E-state index in [9.17, 15) is 8.42 Å². The van der Waals surface area contributed by atoms with Gasteiger partial charge in [0.15, 0.2) is 9.84 Å². The Kier molecular flexibility index (Phi) is 4.04. The summed E-state index contributed by atoms with van der Waals surface area (Å²) in [6, 6.07) is 7.65. The van der Waals surface area contributed by atoms with E-state index in [-0.39, 0.29) is 0 Å². The molecule has 1 aromatic rings. The number of benzene rings is 1. The van der Waals surface area contributed by atoms with Crippen LogP contribution in [0.5, 0.6) is 0 Å². The Balaban J connectivity index is 1.91. The van der Waals surface area contributed by atoms with Crippen molar-refractivity contribution in [3.8, 4) is 0 Å². The summed E-state index contributed by atoms with van der Waals surface area (Å²) >= 11 is 0. The Morgan fingerprint density at radius 1 is 1.33 bits per heavy atom. The molecule has 1 N–H and O–H groups in total. The van der Waals surface area contributed by atoms with Gasteiger partial charge in [-0.15, -0.1) is 0 Å². The van der Waals surface area contributed by atoms with Crippen molar-refractivity contribution in [1.82, 2.24) is 10.2 Å². The summed E-state index contributed by atoms with van der Waals surface area (Å²) in [6.07, 6.45) is 2.41. The molecule has 1 atom stereocenters. The van der Waals surface area contributed by atoms with Gasteiger partial charge >= 0.3 is 0 Å². The van der Waals surface area contributed by atoms with Gasteiger partial charge in [0.05, 0.1) is 4.90 Å². The average molecular weight is 268 g/mol. The van der Waals surface area contributed by atoms with Gasteiger partial charge in [-0.3, -0.25) is 0 Å². The number of nitrogens with zero attached hydrogens (tertiary/aromatic N) is 1. The lowest BCUT2D eigenvalue weighted by Gasteiger charge is -2.12. The molecule has 0 radical (unpaired) electrons. The van der Waals surface area contributed by atoms with Gasteiger partial charge in [0.2, 0.25) is 0 Å². The highest BCUT2D eigenvalue weighted by Gasteiger charge is 2.18. The zero-order valence-electron chi connectivity index (χ0n) is 10.9. The zero-order chi connectivity index (χ0) is 13.2. The van der Waals surface area contributed by atoms with E-state index in [0.29, 0.717) is 10.9 Å². The molecule has 1 aromatic carbocycles. The van der Waals surface area contributed by atoms with Gasteiger partial charge in [-0.25, -0.2) is 8.42 Å². The Morgan fingerprint density at radius 2 is 2.00 bits per heavy atom. The van der Waals surface area contributed by atoms with Crippen LogP contribution in [0.4, 0.5) is 0 Å². The fourth-order valence-corrected chi connectivity index (χ4v) is 2.85. The second-order valence-corrected chi connectivity index (χ2v) is 7.06. The van der Waals surface area contributed by atoms with Gasteiger partial charge in [-0.1, -0.05) is 12.1 Å². The van der Waals surface area contributed by atoms with Crippen molar-refractivity contribution in [2.75, 3.05) is 26.4 Å². The third-order valence-corrected chi connectivity index (χ3v) is 4.47. The normalized spacial score (nSPS) is 21.3. The van der Waals surface area contributed by atoms with Crippen LogP contribution >= 0.6 is 0 Å². The van der Waals surface area contributed by atoms with Gasteiger partial charge < -0.3 is 10.2 Å². The van der Waals surface area contributed by atoms with Crippen molar-refractivity contribution < 1.29 is 8.42 Å². The summed E-state index contributed by atoms with van der Waals surface area (Å²) in [5, 5.41) is 3.50. The molecule has 1 heterocycles. The predicted molar refractivity (Wildman–Crippen MR) is 72.3 cm³/mol. The van der Waals surface area contributed by atoms with Crippen molar-refractivity contribution in [3.63, 3.8) is 0 Å². The van der Waals surface area contributed by atoms with Gasteiger partial charge in [0.1, 0.15) is 0 Å². The van der Waals surface area contributed by atoms with Crippen LogP contribution in [-0.2, 0) is 16.4 Å². The largest absolute Gasteiger partial charge is 0.309 e. The Bertz CT molecular complexity index is 496. The predicted octanol–water partition coefficient (Wildman–Crippen LogP) is 0.884. The van der Waals surface area contributed by atoms with Gasteiger partial charge in [-0.05, 0) is 37.7 Å². The molecule has 1 unspecified atom stereocenters.